The second-order valence-electron chi connectivity index (χ2n) is 5.55. The van der Waals surface area contributed by atoms with E-state index in [1.165, 1.54) is 13.9 Å². The van der Waals surface area contributed by atoms with E-state index in [1.54, 1.807) is 13.1 Å². The van der Waals surface area contributed by atoms with Gasteiger partial charge in [-0.15, -0.1) is 0 Å². The summed E-state index contributed by atoms with van der Waals surface area (Å²) in [5.74, 6) is -2.71. The van der Waals surface area contributed by atoms with Crippen LogP contribution in [0.1, 0.15) is 21.5 Å². The summed E-state index contributed by atoms with van der Waals surface area (Å²) >= 11 is 0. The third kappa shape index (κ3) is 4.31. The normalized spacial score (nSPS) is 10.6. The lowest BCUT2D eigenvalue weighted by atomic mass is 9.92. The minimum atomic E-state index is -1.19. The molecule has 0 saturated carbocycles. The van der Waals surface area contributed by atoms with Gasteiger partial charge < -0.3 is 10.4 Å². The first kappa shape index (κ1) is 18.8. The number of hydrogen-bond acceptors (Lipinski definition) is 5. The fraction of sp³-hybridized carbons (Fsp3) is 0.250. The monoisotopic (exact) mass is 349 g/mol. The third-order valence-electron chi connectivity index (χ3n) is 3.45. The summed E-state index contributed by atoms with van der Waals surface area (Å²) in [6.07, 6.45) is 1.57. The molecule has 0 unspecified atom stereocenters. The number of hydroxylamine groups is 1. The number of halogens is 2. The first-order chi connectivity index (χ1) is 11.8. The Labute approximate surface area is 144 Å². The molecule has 0 radical (unpaired) electrons. The van der Waals surface area contributed by atoms with Crippen molar-refractivity contribution in [2.45, 2.75) is 13.8 Å². The van der Waals surface area contributed by atoms with Crippen LogP contribution in [0.25, 0.3) is 0 Å². The molecule has 9 heteroatoms. The van der Waals surface area contributed by atoms with E-state index in [4.69, 9.17) is 9.94 Å². The molecule has 0 fully saturated rings. The predicted molar refractivity (Wildman–Crippen MR) is 92.0 cm³/mol. The van der Waals surface area contributed by atoms with E-state index in [-0.39, 0.29) is 29.9 Å². The number of nitrogens with one attached hydrogen (secondary N) is 2. The molecule has 132 valence electrons. The molecule has 1 aromatic heterocycles. The maximum Gasteiger partial charge on any atom is 0.277 e. The van der Waals surface area contributed by atoms with E-state index < -0.39 is 17.5 Å². The lowest BCUT2D eigenvalue weighted by molar-refractivity contribution is 0.0169. The van der Waals surface area contributed by atoms with E-state index in [9.17, 15) is 13.6 Å². The van der Waals surface area contributed by atoms with E-state index in [0.717, 1.165) is 5.56 Å². The topological polar surface area (TPSA) is 83.5 Å². The van der Waals surface area contributed by atoms with Crippen LogP contribution in [0.15, 0.2) is 18.3 Å². The number of rotatable bonds is 6. The van der Waals surface area contributed by atoms with Gasteiger partial charge in [-0.1, -0.05) is 12.1 Å². The van der Waals surface area contributed by atoms with Gasteiger partial charge in [-0.2, -0.15) is 0 Å². The second kappa shape index (κ2) is 8.04. The van der Waals surface area contributed by atoms with E-state index in [2.05, 4.69) is 15.8 Å². The number of benzene rings is 1. The zero-order valence-electron chi connectivity index (χ0n) is 14.1. The van der Waals surface area contributed by atoms with Gasteiger partial charge in [0.2, 0.25) is 0 Å². The molecule has 3 N–H and O–H groups in total. The summed E-state index contributed by atoms with van der Waals surface area (Å²) in [5, 5.41) is 11.4. The van der Waals surface area contributed by atoms with Crippen molar-refractivity contribution in [3.63, 3.8) is 0 Å². The molecule has 0 spiro atoms. The van der Waals surface area contributed by atoms with Gasteiger partial charge in [-0.25, -0.2) is 19.2 Å². The SMILES string of the molecule is Bc1cc(C(=O)NOCCO)c(Nc2ncc(C)cc2C)c(F)c1F. The molecular formula is C16H18BF2N3O3. The number of hydrogen-bond donors (Lipinski definition) is 3. The highest BCUT2D eigenvalue weighted by Crippen LogP contribution is 2.26. The molecule has 2 rings (SSSR count). The molecule has 1 amide bonds. The predicted octanol–water partition coefficient (Wildman–Crippen LogP) is 0.632. The van der Waals surface area contributed by atoms with Crippen LogP contribution in [0.3, 0.4) is 0 Å². The lowest BCUT2D eigenvalue weighted by Gasteiger charge is -2.16. The van der Waals surface area contributed by atoms with Crippen molar-refractivity contribution >= 4 is 30.7 Å². The van der Waals surface area contributed by atoms with Crippen molar-refractivity contribution in [2.75, 3.05) is 18.5 Å². The number of carbonyl (C=O) groups is 1. The fourth-order valence-corrected chi connectivity index (χ4v) is 2.24. The van der Waals surface area contributed by atoms with Crippen LogP contribution in [0.4, 0.5) is 20.3 Å². The van der Waals surface area contributed by atoms with Crippen LogP contribution in [-0.4, -0.2) is 37.1 Å². The number of nitrogens with zero attached hydrogens (tertiary/aromatic N) is 1. The van der Waals surface area contributed by atoms with Gasteiger partial charge in [0.25, 0.3) is 5.91 Å². The van der Waals surface area contributed by atoms with Gasteiger partial charge in [-0.05, 0) is 30.4 Å². The van der Waals surface area contributed by atoms with Crippen LogP contribution in [-0.2, 0) is 4.84 Å². The molecule has 1 heterocycles. The molecule has 25 heavy (non-hydrogen) atoms. The average Bonchev–Trinajstić information content (AvgIpc) is 2.57. The largest absolute Gasteiger partial charge is 0.394 e. The van der Waals surface area contributed by atoms with Gasteiger partial charge in [0.1, 0.15) is 13.7 Å². The standard InChI is InChI=1S/C16H18BF2N3O3/c1-8-5-9(2)15(20-7-8)21-14-10(16(24)22-25-4-3-23)6-11(17)12(18)13(14)19/h5-7,23H,3-4,17H2,1-2H3,(H,20,21)(H,22,24). The van der Waals surface area contributed by atoms with Crippen molar-refractivity contribution in [1.29, 1.82) is 0 Å². The van der Waals surface area contributed by atoms with Crippen molar-refractivity contribution < 1.29 is 23.5 Å². The van der Waals surface area contributed by atoms with Crippen molar-refractivity contribution in [1.82, 2.24) is 10.5 Å². The molecule has 0 bridgehead atoms. The molecule has 1 aromatic carbocycles. The van der Waals surface area contributed by atoms with E-state index >= 15 is 0 Å². The second-order valence-corrected chi connectivity index (χ2v) is 5.55. The Balaban J connectivity index is 2.44. The van der Waals surface area contributed by atoms with Crippen LogP contribution in [0.5, 0.6) is 0 Å². The summed E-state index contributed by atoms with van der Waals surface area (Å²) in [5.41, 5.74) is 3.19. The zero-order valence-corrected chi connectivity index (χ0v) is 14.1. The molecule has 0 aliphatic rings. The number of anilines is 2. The minimum Gasteiger partial charge on any atom is -0.394 e. The molecule has 0 aliphatic carbocycles. The molecule has 6 nitrogen and oxygen atoms in total. The molecule has 0 atom stereocenters. The van der Waals surface area contributed by atoms with E-state index in [0.29, 0.717) is 11.4 Å². The Bertz CT molecular complexity index is 803. The molecule has 2 aromatic rings. The number of aryl methyl sites for hydroxylation is 2. The van der Waals surface area contributed by atoms with Gasteiger partial charge in [0.05, 0.1) is 24.5 Å². The molecule has 0 aliphatic heterocycles. The average molecular weight is 349 g/mol. The first-order valence-corrected chi connectivity index (χ1v) is 7.57. The van der Waals surface area contributed by atoms with Crippen LogP contribution >= 0.6 is 0 Å². The number of aromatic nitrogens is 1. The summed E-state index contributed by atoms with van der Waals surface area (Å²) in [7, 11) is 1.35. The summed E-state index contributed by atoms with van der Waals surface area (Å²) in [4.78, 5) is 21.1. The Morgan fingerprint density at radius 3 is 2.68 bits per heavy atom. The quantitative estimate of drug-likeness (QED) is 0.405. The highest BCUT2D eigenvalue weighted by atomic mass is 19.2. The van der Waals surface area contributed by atoms with Crippen molar-refractivity contribution in [3.05, 3.63) is 46.7 Å². The summed E-state index contributed by atoms with van der Waals surface area (Å²) in [6.45, 7) is 3.19. The van der Waals surface area contributed by atoms with Crippen LogP contribution in [0, 0.1) is 25.5 Å². The van der Waals surface area contributed by atoms with Crippen molar-refractivity contribution in [3.8, 4) is 0 Å². The Kier molecular flexibility index (Phi) is 6.05. The number of aliphatic hydroxyl groups excluding tert-OH is 1. The minimum absolute atomic E-state index is 0.0241. The number of aliphatic hydroxyl groups is 1. The number of pyridine rings is 1. The number of carbonyl (C=O) groups excluding carboxylic acids is 1. The zero-order chi connectivity index (χ0) is 18.6. The smallest absolute Gasteiger partial charge is 0.277 e. The highest BCUT2D eigenvalue weighted by molar-refractivity contribution is 6.33. The fourth-order valence-electron chi connectivity index (χ4n) is 2.24. The molecular weight excluding hydrogens is 331 g/mol. The van der Waals surface area contributed by atoms with Crippen LogP contribution in [0.2, 0.25) is 0 Å². The summed E-state index contributed by atoms with van der Waals surface area (Å²) in [6, 6.07) is 3.03. The maximum absolute atomic E-state index is 14.4. The first-order valence-electron chi connectivity index (χ1n) is 7.57. The Morgan fingerprint density at radius 2 is 2.04 bits per heavy atom. The van der Waals surface area contributed by atoms with Gasteiger partial charge >= 0.3 is 0 Å². The Hall–Kier alpha value is -2.52. The maximum atomic E-state index is 14.4. The lowest BCUT2D eigenvalue weighted by Crippen LogP contribution is -2.28. The molecule has 0 saturated heterocycles. The van der Waals surface area contributed by atoms with Crippen molar-refractivity contribution in [2.24, 2.45) is 0 Å². The van der Waals surface area contributed by atoms with Gasteiger partial charge in [0, 0.05) is 6.20 Å². The third-order valence-corrected chi connectivity index (χ3v) is 3.45. The Morgan fingerprint density at radius 1 is 1.32 bits per heavy atom. The van der Waals surface area contributed by atoms with E-state index in [1.807, 2.05) is 13.0 Å². The van der Waals surface area contributed by atoms with Gasteiger partial charge in [-0.3, -0.25) is 9.63 Å². The van der Waals surface area contributed by atoms with Crippen LogP contribution < -0.4 is 16.3 Å². The number of amides is 1. The summed E-state index contributed by atoms with van der Waals surface area (Å²) < 4.78 is 28.4. The highest BCUT2D eigenvalue weighted by Gasteiger charge is 2.22. The van der Waals surface area contributed by atoms with Gasteiger partial charge in [0.15, 0.2) is 11.6 Å².